The van der Waals surface area contributed by atoms with Gasteiger partial charge < -0.3 is 10.5 Å². The van der Waals surface area contributed by atoms with E-state index >= 15 is 0 Å². The minimum Gasteiger partial charge on any atom is -0.464 e. The zero-order valence-electron chi connectivity index (χ0n) is 12.2. The van der Waals surface area contributed by atoms with Crippen LogP contribution in [0.2, 0.25) is 5.02 Å². The number of hydrogen-bond acceptors (Lipinski definition) is 4. The molecule has 0 aliphatic rings. The number of pyridine rings is 1. The van der Waals surface area contributed by atoms with Crippen molar-refractivity contribution in [3.05, 3.63) is 41.0 Å². The summed E-state index contributed by atoms with van der Waals surface area (Å²) >= 11 is 5.99. The van der Waals surface area contributed by atoms with Crippen molar-refractivity contribution in [2.24, 2.45) is 5.73 Å². The molecule has 1 aromatic carbocycles. The summed E-state index contributed by atoms with van der Waals surface area (Å²) in [6.07, 6.45) is -5.81. The third-order valence-corrected chi connectivity index (χ3v) is 3.64. The third-order valence-electron chi connectivity index (χ3n) is 3.33. The Hall–Kier alpha value is -1.86. The van der Waals surface area contributed by atoms with Gasteiger partial charge in [0, 0.05) is 17.5 Å². The first-order valence-electron chi connectivity index (χ1n) is 6.76. The number of carbonyl (C=O) groups is 1. The number of alkyl halides is 3. The number of hydrogen-bond donors (Lipinski definition) is 1. The van der Waals surface area contributed by atoms with Crippen molar-refractivity contribution in [1.82, 2.24) is 4.98 Å². The predicted molar refractivity (Wildman–Crippen MR) is 80.1 cm³/mol. The smallest absolute Gasteiger partial charge is 0.417 e. The summed E-state index contributed by atoms with van der Waals surface area (Å²) in [5.74, 6) is -1.53. The summed E-state index contributed by atoms with van der Waals surface area (Å²) in [7, 11) is 0. The quantitative estimate of drug-likeness (QED) is 0.863. The highest BCUT2D eigenvalue weighted by Gasteiger charge is 2.59. The molecule has 8 heteroatoms. The summed E-state index contributed by atoms with van der Waals surface area (Å²) < 4.78 is 44.3. The number of benzene rings is 1. The molecule has 2 rings (SSSR count). The molecule has 2 N–H and O–H groups in total. The van der Waals surface area contributed by atoms with Gasteiger partial charge in [-0.3, -0.25) is 4.98 Å². The van der Waals surface area contributed by atoms with Gasteiger partial charge in [-0.15, -0.1) is 0 Å². The average Bonchev–Trinajstić information content (AvgIpc) is 2.47. The molecule has 23 heavy (non-hydrogen) atoms. The lowest BCUT2D eigenvalue weighted by molar-refractivity contribution is -0.205. The number of nitrogens with two attached hydrogens (primary N) is 1. The molecule has 1 heterocycles. The van der Waals surface area contributed by atoms with Gasteiger partial charge in [0.2, 0.25) is 5.54 Å². The van der Waals surface area contributed by atoms with Crippen molar-refractivity contribution in [3.8, 4) is 0 Å². The SMILES string of the molecule is CCOC(=O)C(N)(Cc1ccc2cccc(Cl)c2n1)C(F)(F)F. The third kappa shape index (κ3) is 3.40. The van der Waals surface area contributed by atoms with E-state index in [9.17, 15) is 18.0 Å². The number of esters is 1. The van der Waals surface area contributed by atoms with Crippen LogP contribution in [0.15, 0.2) is 30.3 Å². The van der Waals surface area contributed by atoms with Gasteiger partial charge in [-0.25, -0.2) is 4.79 Å². The Morgan fingerprint density at radius 1 is 1.30 bits per heavy atom. The Morgan fingerprint density at radius 2 is 2.00 bits per heavy atom. The first-order chi connectivity index (χ1) is 10.7. The number of ether oxygens (including phenoxy) is 1. The number of carbonyl (C=O) groups excluding carboxylic acids is 1. The fourth-order valence-electron chi connectivity index (χ4n) is 2.08. The van der Waals surface area contributed by atoms with Crippen molar-refractivity contribution in [2.75, 3.05) is 6.61 Å². The van der Waals surface area contributed by atoms with Gasteiger partial charge >= 0.3 is 12.1 Å². The van der Waals surface area contributed by atoms with E-state index in [4.69, 9.17) is 17.3 Å². The Bertz CT molecular complexity index is 736. The number of rotatable bonds is 4. The highest BCUT2D eigenvalue weighted by atomic mass is 35.5. The van der Waals surface area contributed by atoms with E-state index in [-0.39, 0.29) is 12.3 Å². The molecular formula is C15H14ClF3N2O2. The topological polar surface area (TPSA) is 65.2 Å². The van der Waals surface area contributed by atoms with Gasteiger partial charge in [0.1, 0.15) is 0 Å². The standard InChI is InChI=1S/C15H14ClF3N2O2/c1-2-23-13(22)14(20,15(17,18)19)8-10-7-6-9-4-3-5-11(16)12(9)21-10/h3-7H,2,8,20H2,1H3. The van der Waals surface area contributed by atoms with Gasteiger partial charge in [-0.05, 0) is 19.1 Å². The lowest BCUT2D eigenvalue weighted by atomic mass is 9.93. The second kappa shape index (κ2) is 6.33. The van der Waals surface area contributed by atoms with E-state index in [1.54, 1.807) is 24.3 Å². The van der Waals surface area contributed by atoms with Crippen molar-refractivity contribution in [1.29, 1.82) is 0 Å². The van der Waals surface area contributed by atoms with Crippen LogP contribution in [0.1, 0.15) is 12.6 Å². The van der Waals surface area contributed by atoms with Crippen LogP contribution in [0, 0.1) is 0 Å². The number of fused-ring (bicyclic) bond motifs is 1. The molecule has 1 atom stereocenters. The van der Waals surface area contributed by atoms with Gasteiger partial charge in [0.25, 0.3) is 0 Å². The maximum absolute atomic E-state index is 13.3. The number of para-hydroxylation sites is 1. The lowest BCUT2D eigenvalue weighted by Crippen LogP contribution is -2.61. The maximum Gasteiger partial charge on any atom is 0.417 e. The molecule has 0 saturated carbocycles. The van der Waals surface area contributed by atoms with Crippen LogP contribution in [-0.4, -0.2) is 29.3 Å². The Balaban J connectivity index is 2.44. The molecule has 0 fully saturated rings. The Morgan fingerprint density at radius 3 is 2.61 bits per heavy atom. The Labute approximate surface area is 135 Å². The number of aromatic nitrogens is 1. The molecule has 0 spiro atoms. The lowest BCUT2D eigenvalue weighted by Gasteiger charge is -2.29. The van der Waals surface area contributed by atoms with Crippen molar-refractivity contribution >= 4 is 28.5 Å². The van der Waals surface area contributed by atoms with Crippen molar-refractivity contribution in [3.63, 3.8) is 0 Å². The zero-order valence-corrected chi connectivity index (χ0v) is 12.9. The molecule has 1 aromatic heterocycles. The normalized spacial score (nSPS) is 14.5. The monoisotopic (exact) mass is 346 g/mol. The second-order valence-electron chi connectivity index (χ2n) is 4.98. The fraction of sp³-hybridized carbons (Fsp3) is 0.333. The molecule has 2 aromatic rings. The summed E-state index contributed by atoms with van der Waals surface area (Å²) in [6, 6.07) is 7.96. The van der Waals surface area contributed by atoms with Gasteiger partial charge in [0.05, 0.1) is 17.1 Å². The van der Waals surface area contributed by atoms with E-state index in [1.165, 1.54) is 13.0 Å². The first kappa shape index (κ1) is 17.5. The fourth-order valence-corrected chi connectivity index (χ4v) is 2.31. The van der Waals surface area contributed by atoms with Crippen molar-refractivity contribution in [2.45, 2.75) is 25.1 Å². The molecule has 0 bridgehead atoms. The highest BCUT2D eigenvalue weighted by molar-refractivity contribution is 6.35. The highest BCUT2D eigenvalue weighted by Crippen LogP contribution is 2.33. The van der Waals surface area contributed by atoms with Crippen LogP contribution in [0.3, 0.4) is 0 Å². The van der Waals surface area contributed by atoms with Crippen LogP contribution in [-0.2, 0) is 16.0 Å². The van der Waals surface area contributed by atoms with Crippen molar-refractivity contribution < 1.29 is 22.7 Å². The zero-order chi connectivity index (χ0) is 17.3. The van der Waals surface area contributed by atoms with Crippen LogP contribution in [0.25, 0.3) is 10.9 Å². The van der Waals surface area contributed by atoms with Gasteiger partial charge in [-0.1, -0.05) is 29.8 Å². The molecule has 124 valence electrons. The van der Waals surface area contributed by atoms with E-state index in [2.05, 4.69) is 9.72 Å². The minimum absolute atomic E-state index is 0.00141. The molecule has 1 unspecified atom stereocenters. The molecule has 0 saturated heterocycles. The number of halogens is 4. The van der Waals surface area contributed by atoms with E-state index in [0.29, 0.717) is 15.9 Å². The summed E-state index contributed by atoms with van der Waals surface area (Å²) in [5, 5.41) is 0.974. The van der Waals surface area contributed by atoms with Crippen LogP contribution < -0.4 is 5.73 Å². The Kier molecular flexibility index (Phi) is 4.81. The van der Waals surface area contributed by atoms with Gasteiger partial charge in [0.15, 0.2) is 0 Å². The van der Waals surface area contributed by atoms with Gasteiger partial charge in [-0.2, -0.15) is 13.2 Å². The predicted octanol–water partition coefficient (Wildman–Crippen LogP) is 3.25. The van der Waals surface area contributed by atoms with Crippen LogP contribution in [0.5, 0.6) is 0 Å². The summed E-state index contributed by atoms with van der Waals surface area (Å²) in [4.78, 5) is 15.8. The molecule has 0 aliphatic carbocycles. The molecule has 0 aliphatic heterocycles. The molecular weight excluding hydrogens is 333 g/mol. The van der Waals surface area contributed by atoms with Crippen LogP contribution >= 0.6 is 11.6 Å². The van der Waals surface area contributed by atoms with E-state index in [1.807, 2.05) is 0 Å². The second-order valence-corrected chi connectivity index (χ2v) is 5.39. The van der Waals surface area contributed by atoms with E-state index in [0.717, 1.165) is 0 Å². The summed E-state index contributed by atoms with van der Waals surface area (Å²) in [5.41, 5.74) is 2.53. The van der Waals surface area contributed by atoms with E-state index < -0.39 is 24.1 Å². The maximum atomic E-state index is 13.3. The molecule has 0 amide bonds. The molecule has 4 nitrogen and oxygen atoms in total. The minimum atomic E-state index is -4.98. The summed E-state index contributed by atoms with van der Waals surface area (Å²) in [6.45, 7) is 1.20. The first-order valence-corrected chi connectivity index (χ1v) is 7.14. The average molecular weight is 347 g/mol. The number of nitrogens with zero attached hydrogens (tertiary/aromatic N) is 1. The van der Waals surface area contributed by atoms with Crippen LogP contribution in [0.4, 0.5) is 13.2 Å². The largest absolute Gasteiger partial charge is 0.464 e. The molecule has 0 radical (unpaired) electrons.